The van der Waals surface area contributed by atoms with Crippen LogP contribution in [0, 0.1) is 5.92 Å². The Kier molecular flexibility index (Phi) is 5.22. The highest BCUT2D eigenvalue weighted by Crippen LogP contribution is 2.34. The van der Waals surface area contributed by atoms with E-state index in [0.717, 1.165) is 25.7 Å². The standard InChI is InChI=1S/C15H26N2O4/c1-2-10-5-7-15(8-6-10,14(19)20)17-13(18)12-4-3-11(9-16)21-12/h10-12H,2-9,16H2,1H3,(H,17,18)(H,19,20). The minimum absolute atomic E-state index is 0.0858. The van der Waals surface area contributed by atoms with E-state index in [-0.39, 0.29) is 12.0 Å². The molecule has 120 valence electrons. The topological polar surface area (TPSA) is 102 Å². The molecule has 2 unspecified atom stereocenters. The van der Waals surface area contributed by atoms with Crippen molar-refractivity contribution in [2.75, 3.05) is 6.54 Å². The van der Waals surface area contributed by atoms with Gasteiger partial charge in [-0.1, -0.05) is 13.3 Å². The first kappa shape index (κ1) is 16.2. The van der Waals surface area contributed by atoms with Crippen molar-refractivity contribution in [2.24, 2.45) is 11.7 Å². The van der Waals surface area contributed by atoms with Crippen molar-refractivity contribution < 1.29 is 19.4 Å². The van der Waals surface area contributed by atoms with Crippen LogP contribution in [-0.4, -0.2) is 41.3 Å². The van der Waals surface area contributed by atoms with Crippen LogP contribution in [0.4, 0.5) is 0 Å². The number of hydrogen-bond acceptors (Lipinski definition) is 4. The molecule has 0 aromatic rings. The molecule has 1 saturated heterocycles. The van der Waals surface area contributed by atoms with Gasteiger partial charge in [-0.2, -0.15) is 0 Å². The minimum Gasteiger partial charge on any atom is -0.480 e. The number of rotatable bonds is 5. The fourth-order valence-corrected chi connectivity index (χ4v) is 3.36. The van der Waals surface area contributed by atoms with Crippen molar-refractivity contribution in [1.29, 1.82) is 0 Å². The summed E-state index contributed by atoms with van der Waals surface area (Å²) >= 11 is 0. The molecular formula is C15H26N2O4. The molecule has 1 aliphatic carbocycles. The van der Waals surface area contributed by atoms with Gasteiger partial charge in [0.05, 0.1) is 6.10 Å². The molecule has 0 aromatic heterocycles. The predicted molar refractivity (Wildman–Crippen MR) is 77.7 cm³/mol. The molecule has 6 nitrogen and oxygen atoms in total. The fourth-order valence-electron chi connectivity index (χ4n) is 3.36. The first-order valence-corrected chi connectivity index (χ1v) is 7.91. The summed E-state index contributed by atoms with van der Waals surface area (Å²) in [6.07, 6.45) is 4.48. The SMILES string of the molecule is CCC1CCC(NC(=O)C2CCC(CN)O2)(C(=O)O)CC1. The molecular weight excluding hydrogens is 272 g/mol. The van der Waals surface area contributed by atoms with Crippen molar-refractivity contribution in [3.8, 4) is 0 Å². The number of aliphatic carboxylic acids is 1. The largest absolute Gasteiger partial charge is 0.480 e. The van der Waals surface area contributed by atoms with E-state index in [1.165, 1.54) is 0 Å². The number of nitrogens with one attached hydrogen (secondary N) is 1. The maximum atomic E-state index is 12.3. The Hall–Kier alpha value is -1.14. The molecule has 0 radical (unpaired) electrons. The third-order valence-corrected chi connectivity index (χ3v) is 4.97. The summed E-state index contributed by atoms with van der Waals surface area (Å²) in [6, 6.07) is 0. The molecule has 1 heterocycles. The number of amides is 1. The number of carbonyl (C=O) groups is 2. The van der Waals surface area contributed by atoms with Crippen LogP contribution in [0.25, 0.3) is 0 Å². The van der Waals surface area contributed by atoms with Crippen LogP contribution in [0.1, 0.15) is 51.9 Å². The van der Waals surface area contributed by atoms with Crippen molar-refractivity contribution in [3.63, 3.8) is 0 Å². The van der Waals surface area contributed by atoms with Crippen LogP contribution in [-0.2, 0) is 14.3 Å². The minimum atomic E-state index is -1.12. The maximum absolute atomic E-state index is 12.3. The second kappa shape index (κ2) is 6.75. The lowest BCUT2D eigenvalue weighted by atomic mass is 9.75. The van der Waals surface area contributed by atoms with Gasteiger partial charge in [0.2, 0.25) is 5.91 Å². The Bertz CT molecular complexity index is 391. The van der Waals surface area contributed by atoms with Gasteiger partial charge in [0.25, 0.3) is 0 Å². The summed E-state index contributed by atoms with van der Waals surface area (Å²) < 4.78 is 5.55. The van der Waals surface area contributed by atoms with Gasteiger partial charge >= 0.3 is 5.97 Å². The summed E-state index contributed by atoms with van der Waals surface area (Å²) in [5, 5.41) is 12.3. The van der Waals surface area contributed by atoms with Gasteiger partial charge in [-0.05, 0) is 44.4 Å². The predicted octanol–water partition coefficient (Wildman–Crippen LogP) is 1.03. The van der Waals surface area contributed by atoms with Crippen LogP contribution in [0.2, 0.25) is 0 Å². The van der Waals surface area contributed by atoms with Gasteiger partial charge in [0.15, 0.2) is 0 Å². The molecule has 0 spiro atoms. The third-order valence-electron chi connectivity index (χ3n) is 4.97. The Labute approximate surface area is 125 Å². The molecule has 0 bridgehead atoms. The number of carbonyl (C=O) groups excluding carboxylic acids is 1. The first-order chi connectivity index (χ1) is 10.0. The van der Waals surface area contributed by atoms with E-state index >= 15 is 0 Å². The molecule has 2 rings (SSSR count). The lowest BCUT2D eigenvalue weighted by molar-refractivity contribution is -0.152. The first-order valence-electron chi connectivity index (χ1n) is 7.91. The molecule has 21 heavy (non-hydrogen) atoms. The number of carboxylic acids is 1. The lowest BCUT2D eigenvalue weighted by Gasteiger charge is -2.37. The van der Waals surface area contributed by atoms with E-state index < -0.39 is 17.6 Å². The quantitative estimate of drug-likeness (QED) is 0.703. The fraction of sp³-hybridized carbons (Fsp3) is 0.867. The van der Waals surface area contributed by atoms with E-state index in [1.807, 2.05) is 0 Å². The highest BCUT2D eigenvalue weighted by Gasteiger charge is 2.44. The Balaban J connectivity index is 1.97. The average molecular weight is 298 g/mol. The van der Waals surface area contributed by atoms with Crippen molar-refractivity contribution in [3.05, 3.63) is 0 Å². The van der Waals surface area contributed by atoms with Gasteiger partial charge in [-0.25, -0.2) is 4.79 Å². The van der Waals surface area contributed by atoms with E-state index in [2.05, 4.69) is 12.2 Å². The highest BCUT2D eigenvalue weighted by atomic mass is 16.5. The molecule has 2 fully saturated rings. The van der Waals surface area contributed by atoms with Crippen molar-refractivity contribution in [2.45, 2.75) is 69.6 Å². The molecule has 0 aromatic carbocycles. The smallest absolute Gasteiger partial charge is 0.329 e. The van der Waals surface area contributed by atoms with Crippen LogP contribution < -0.4 is 11.1 Å². The molecule has 2 atom stereocenters. The monoisotopic (exact) mass is 298 g/mol. The number of nitrogens with two attached hydrogens (primary N) is 1. The zero-order chi connectivity index (χ0) is 15.5. The Morgan fingerprint density at radius 3 is 2.43 bits per heavy atom. The maximum Gasteiger partial charge on any atom is 0.329 e. The van der Waals surface area contributed by atoms with Gasteiger partial charge in [0, 0.05) is 6.54 Å². The summed E-state index contributed by atoms with van der Waals surface area (Å²) in [5.41, 5.74) is 4.42. The van der Waals surface area contributed by atoms with E-state index in [0.29, 0.717) is 31.7 Å². The van der Waals surface area contributed by atoms with E-state index in [4.69, 9.17) is 10.5 Å². The molecule has 1 aliphatic heterocycles. The number of hydrogen-bond donors (Lipinski definition) is 3. The number of ether oxygens (including phenoxy) is 1. The van der Waals surface area contributed by atoms with E-state index in [9.17, 15) is 14.7 Å². The van der Waals surface area contributed by atoms with Gasteiger partial charge in [-0.3, -0.25) is 4.79 Å². The average Bonchev–Trinajstić information content (AvgIpc) is 2.97. The zero-order valence-electron chi connectivity index (χ0n) is 12.6. The molecule has 1 saturated carbocycles. The van der Waals surface area contributed by atoms with Crippen molar-refractivity contribution in [1.82, 2.24) is 5.32 Å². The number of carboxylic acid groups (broad SMARTS) is 1. The van der Waals surface area contributed by atoms with Crippen molar-refractivity contribution >= 4 is 11.9 Å². The van der Waals surface area contributed by atoms with Gasteiger partial charge < -0.3 is 20.9 Å². The summed E-state index contributed by atoms with van der Waals surface area (Å²) in [5.74, 6) is -0.666. The van der Waals surface area contributed by atoms with E-state index in [1.54, 1.807) is 0 Å². The third kappa shape index (κ3) is 3.55. The molecule has 2 aliphatic rings. The second-order valence-electron chi connectivity index (χ2n) is 6.29. The van der Waals surface area contributed by atoms with Crippen LogP contribution in [0.5, 0.6) is 0 Å². The lowest BCUT2D eigenvalue weighted by Crippen LogP contribution is -2.58. The van der Waals surface area contributed by atoms with Gasteiger partial charge in [-0.15, -0.1) is 0 Å². The second-order valence-corrected chi connectivity index (χ2v) is 6.29. The Morgan fingerprint density at radius 2 is 1.95 bits per heavy atom. The van der Waals surface area contributed by atoms with Gasteiger partial charge in [0.1, 0.15) is 11.6 Å². The Morgan fingerprint density at radius 1 is 1.29 bits per heavy atom. The van der Waals surface area contributed by atoms with Crippen LogP contribution >= 0.6 is 0 Å². The zero-order valence-corrected chi connectivity index (χ0v) is 12.6. The normalized spacial score (nSPS) is 36.4. The van der Waals surface area contributed by atoms with Crippen LogP contribution in [0.3, 0.4) is 0 Å². The van der Waals surface area contributed by atoms with Crippen LogP contribution in [0.15, 0.2) is 0 Å². The molecule has 4 N–H and O–H groups in total. The molecule has 1 amide bonds. The molecule has 6 heteroatoms. The summed E-state index contributed by atoms with van der Waals surface area (Å²) in [6.45, 7) is 2.52. The highest BCUT2D eigenvalue weighted by molar-refractivity contribution is 5.89. The summed E-state index contributed by atoms with van der Waals surface area (Å²) in [4.78, 5) is 24.0. The summed E-state index contributed by atoms with van der Waals surface area (Å²) in [7, 11) is 0.